The molecule has 0 bridgehead atoms. The van der Waals surface area contributed by atoms with E-state index in [-0.39, 0.29) is 5.91 Å². The molecule has 0 saturated carbocycles. The molecule has 2 heterocycles. The van der Waals surface area contributed by atoms with E-state index in [1.165, 1.54) is 5.56 Å². The summed E-state index contributed by atoms with van der Waals surface area (Å²) in [7, 11) is 0. The van der Waals surface area contributed by atoms with Crippen molar-refractivity contribution in [2.75, 3.05) is 6.61 Å². The van der Waals surface area contributed by atoms with E-state index in [0.717, 1.165) is 33.5 Å². The Balaban J connectivity index is 1.63. The van der Waals surface area contributed by atoms with Gasteiger partial charge in [0.05, 0.1) is 11.1 Å². The van der Waals surface area contributed by atoms with Gasteiger partial charge < -0.3 is 14.6 Å². The van der Waals surface area contributed by atoms with Gasteiger partial charge in [-0.3, -0.25) is 9.78 Å². The molecule has 166 valence electrons. The Hall–Kier alpha value is -4.04. The van der Waals surface area contributed by atoms with Gasteiger partial charge in [0.15, 0.2) is 0 Å². The number of aromatic nitrogens is 2. The van der Waals surface area contributed by atoms with Gasteiger partial charge in [-0.25, -0.2) is 0 Å². The molecule has 33 heavy (non-hydrogen) atoms. The van der Waals surface area contributed by atoms with E-state index in [0.29, 0.717) is 25.3 Å². The first-order valence-corrected chi connectivity index (χ1v) is 10.9. The van der Waals surface area contributed by atoms with Crippen LogP contribution in [0.25, 0.3) is 10.9 Å². The molecule has 0 aliphatic rings. The van der Waals surface area contributed by atoms with Crippen molar-refractivity contribution in [1.29, 1.82) is 0 Å². The Kier molecular flexibility index (Phi) is 6.75. The zero-order valence-corrected chi connectivity index (χ0v) is 19.2. The van der Waals surface area contributed by atoms with Crippen LogP contribution in [0.4, 0.5) is 0 Å². The number of para-hydroxylation sites is 1. The van der Waals surface area contributed by atoms with Crippen molar-refractivity contribution in [1.82, 2.24) is 14.9 Å². The lowest BCUT2D eigenvalue weighted by Gasteiger charge is -2.23. The number of aromatic amines is 1. The largest absolute Gasteiger partial charge is 0.481 e. The van der Waals surface area contributed by atoms with Crippen molar-refractivity contribution in [3.8, 4) is 17.6 Å². The quantitative estimate of drug-likeness (QED) is 0.393. The molecule has 5 nitrogen and oxygen atoms in total. The lowest BCUT2D eigenvalue weighted by molar-refractivity contribution is 0.0731. The molecule has 2 aromatic heterocycles. The highest BCUT2D eigenvalue weighted by Crippen LogP contribution is 2.26. The molecule has 0 aliphatic heterocycles. The number of hydrogen-bond donors (Lipinski definition) is 1. The normalized spacial score (nSPS) is 10.5. The van der Waals surface area contributed by atoms with Crippen molar-refractivity contribution < 1.29 is 9.53 Å². The minimum absolute atomic E-state index is 0.0238. The SMILES string of the molecule is CC#CCOc1ccc(CN(Cc2cccnc2)C(=O)c2cccc3c(C)c(C)[nH]c23)cc1. The zero-order chi connectivity index (χ0) is 23.2. The number of fused-ring (bicyclic) bond motifs is 1. The first kappa shape index (κ1) is 22.2. The predicted octanol–water partition coefficient (Wildman–Crippen LogP) is 5.42. The molecule has 4 aromatic rings. The van der Waals surface area contributed by atoms with E-state index in [2.05, 4.69) is 34.8 Å². The molecule has 0 unspecified atom stereocenters. The second-order valence-corrected chi connectivity index (χ2v) is 7.99. The summed E-state index contributed by atoms with van der Waals surface area (Å²) in [4.78, 5) is 23.3. The Labute approximate surface area is 194 Å². The van der Waals surface area contributed by atoms with Gasteiger partial charge >= 0.3 is 0 Å². The Bertz CT molecular complexity index is 1310. The molecule has 1 N–H and O–H groups in total. The molecule has 4 rings (SSSR count). The molecular formula is C28H27N3O2. The fourth-order valence-electron chi connectivity index (χ4n) is 3.85. The molecule has 0 fully saturated rings. The van der Waals surface area contributed by atoms with Crippen molar-refractivity contribution in [3.63, 3.8) is 0 Å². The van der Waals surface area contributed by atoms with Crippen LogP contribution in [0.15, 0.2) is 67.0 Å². The fourth-order valence-corrected chi connectivity index (χ4v) is 3.85. The monoisotopic (exact) mass is 437 g/mol. The Morgan fingerprint density at radius 3 is 2.55 bits per heavy atom. The number of rotatable bonds is 7. The summed E-state index contributed by atoms with van der Waals surface area (Å²) in [6.45, 7) is 7.19. The zero-order valence-electron chi connectivity index (χ0n) is 19.2. The summed E-state index contributed by atoms with van der Waals surface area (Å²) in [5.41, 5.74) is 5.80. The molecule has 5 heteroatoms. The maximum absolute atomic E-state index is 13.8. The number of H-pyrrole nitrogens is 1. The van der Waals surface area contributed by atoms with Crippen LogP contribution in [0, 0.1) is 25.7 Å². The lowest BCUT2D eigenvalue weighted by atomic mass is 10.1. The number of amides is 1. The minimum atomic E-state index is -0.0238. The summed E-state index contributed by atoms with van der Waals surface area (Å²) in [5.74, 6) is 6.44. The number of carbonyl (C=O) groups is 1. The highest BCUT2D eigenvalue weighted by atomic mass is 16.5. The first-order valence-electron chi connectivity index (χ1n) is 10.9. The van der Waals surface area contributed by atoms with Gasteiger partial charge in [-0.15, -0.1) is 5.92 Å². The molecule has 2 aromatic carbocycles. The van der Waals surface area contributed by atoms with Crippen LogP contribution in [-0.4, -0.2) is 27.4 Å². The average molecular weight is 438 g/mol. The molecule has 0 spiro atoms. The fraction of sp³-hybridized carbons (Fsp3) is 0.214. The maximum atomic E-state index is 13.8. The summed E-state index contributed by atoms with van der Waals surface area (Å²) in [6.07, 6.45) is 3.54. The molecule has 0 atom stereocenters. The van der Waals surface area contributed by atoms with Crippen LogP contribution in [0.1, 0.15) is 39.7 Å². The van der Waals surface area contributed by atoms with Gasteiger partial charge in [0.2, 0.25) is 0 Å². The van der Waals surface area contributed by atoms with Crippen LogP contribution in [0.5, 0.6) is 5.75 Å². The van der Waals surface area contributed by atoms with E-state index in [1.807, 2.05) is 60.4 Å². The van der Waals surface area contributed by atoms with Gasteiger partial charge in [0, 0.05) is 36.6 Å². The number of aryl methyl sites for hydroxylation is 2. The number of hydrogen-bond acceptors (Lipinski definition) is 3. The molecular weight excluding hydrogens is 410 g/mol. The van der Waals surface area contributed by atoms with E-state index >= 15 is 0 Å². The third kappa shape index (κ3) is 5.07. The van der Waals surface area contributed by atoms with Crippen molar-refractivity contribution in [3.05, 3.63) is 94.9 Å². The third-order valence-electron chi connectivity index (χ3n) is 5.74. The van der Waals surface area contributed by atoms with Gasteiger partial charge in [-0.1, -0.05) is 36.3 Å². The summed E-state index contributed by atoms with van der Waals surface area (Å²) in [5, 5.41) is 1.08. The number of benzene rings is 2. The van der Waals surface area contributed by atoms with E-state index in [9.17, 15) is 4.79 Å². The second kappa shape index (κ2) is 10.1. The van der Waals surface area contributed by atoms with Gasteiger partial charge in [-0.2, -0.15) is 0 Å². The van der Waals surface area contributed by atoms with Crippen LogP contribution in [0.2, 0.25) is 0 Å². The van der Waals surface area contributed by atoms with Crippen LogP contribution >= 0.6 is 0 Å². The second-order valence-electron chi connectivity index (χ2n) is 7.99. The third-order valence-corrected chi connectivity index (χ3v) is 5.74. The lowest BCUT2D eigenvalue weighted by Crippen LogP contribution is -2.30. The molecule has 0 radical (unpaired) electrons. The number of nitrogens with one attached hydrogen (secondary N) is 1. The molecule has 1 amide bonds. The number of carbonyl (C=O) groups excluding carboxylic acids is 1. The summed E-state index contributed by atoms with van der Waals surface area (Å²) >= 11 is 0. The van der Waals surface area contributed by atoms with Crippen molar-refractivity contribution in [2.45, 2.75) is 33.9 Å². The Morgan fingerprint density at radius 1 is 1.03 bits per heavy atom. The smallest absolute Gasteiger partial charge is 0.256 e. The van der Waals surface area contributed by atoms with Crippen LogP contribution in [-0.2, 0) is 13.1 Å². The van der Waals surface area contributed by atoms with Crippen LogP contribution in [0.3, 0.4) is 0 Å². The predicted molar refractivity (Wildman–Crippen MR) is 131 cm³/mol. The average Bonchev–Trinajstić information content (AvgIpc) is 3.13. The maximum Gasteiger partial charge on any atom is 0.256 e. The molecule has 0 aliphatic carbocycles. The van der Waals surface area contributed by atoms with Crippen molar-refractivity contribution >= 4 is 16.8 Å². The van der Waals surface area contributed by atoms with E-state index in [1.54, 1.807) is 19.3 Å². The van der Waals surface area contributed by atoms with E-state index in [4.69, 9.17) is 4.74 Å². The van der Waals surface area contributed by atoms with Crippen molar-refractivity contribution in [2.24, 2.45) is 0 Å². The topological polar surface area (TPSA) is 58.2 Å². The van der Waals surface area contributed by atoms with Gasteiger partial charge in [-0.05, 0) is 61.7 Å². The van der Waals surface area contributed by atoms with Crippen LogP contribution < -0.4 is 4.74 Å². The highest BCUT2D eigenvalue weighted by molar-refractivity contribution is 6.06. The standard InChI is InChI=1S/C28H27N3O2/c1-4-5-16-33-24-13-11-22(12-14-24)18-31(19-23-8-7-15-29-17-23)28(32)26-10-6-9-25-20(2)21(3)30-27(25)26/h6-15,17,30H,16,18-19H2,1-3H3. The highest BCUT2D eigenvalue weighted by Gasteiger charge is 2.21. The van der Waals surface area contributed by atoms with E-state index < -0.39 is 0 Å². The van der Waals surface area contributed by atoms with Gasteiger partial charge in [0.25, 0.3) is 5.91 Å². The summed E-state index contributed by atoms with van der Waals surface area (Å²) in [6, 6.07) is 17.6. The number of pyridine rings is 1. The van der Waals surface area contributed by atoms with Gasteiger partial charge in [0.1, 0.15) is 12.4 Å². The Morgan fingerprint density at radius 2 is 1.82 bits per heavy atom. The number of ether oxygens (including phenoxy) is 1. The number of nitrogens with zero attached hydrogens (tertiary/aromatic N) is 2. The summed E-state index contributed by atoms with van der Waals surface area (Å²) < 4.78 is 5.61. The first-order chi connectivity index (χ1) is 16.1. The minimum Gasteiger partial charge on any atom is -0.481 e. The molecule has 0 saturated heterocycles.